The Balaban J connectivity index is 2.14. The molecular formula is C16H16N2OS. The standard InChI is InChI=1S/C16H16N2OS/c1-11-10-14(7-6-13(11)4-3-9-17)18-16(19)15-8-5-12(2)20-15/h5-8,10H,9,17H2,1-2H3,(H,18,19). The Labute approximate surface area is 122 Å². The molecule has 2 rings (SSSR count). The second kappa shape index (κ2) is 6.38. The van der Waals surface area contributed by atoms with E-state index in [1.807, 2.05) is 44.2 Å². The smallest absolute Gasteiger partial charge is 0.265 e. The van der Waals surface area contributed by atoms with Crippen LogP contribution >= 0.6 is 11.3 Å². The number of rotatable bonds is 2. The molecule has 0 radical (unpaired) electrons. The fraction of sp³-hybridized carbons (Fsp3) is 0.188. The van der Waals surface area contributed by atoms with Crippen LogP contribution in [-0.2, 0) is 0 Å². The van der Waals surface area contributed by atoms with E-state index in [1.165, 1.54) is 11.3 Å². The van der Waals surface area contributed by atoms with Gasteiger partial charge in [-0.1, -0.05) is 11.8 Å². The molecule has 0 saturated heterocycles. The number of carbonyl (C=O) groups is 1. The predicted octanol–water partition coefficient (Wildman–Crippen LogP) is 2.93. The molecule has 0 unspecified atom stereocenters. The summed E-state index contributed by atoms with van der Waals surface area (Å²) in [6.07, 6.45) is 0. The molecule has 3 N–H and O–H groups in total. The van der Waals surface area contributed by atoms with Crippen molar-refractivity contribution in [3.8, 4) is 11.8 Å². The summed E-state index contributed by atoms with van der Waals surface area (Å²) < 4.78 is 0. The van der Waals surface area contributed by atoms with Crippen molar-refractivity contribution in [1.29, 1.82) is 0 Å². The summed E-state index contributed by atoms with van der Waals surface area (Å²) in [7, 11) is 0. The van der Waals surface area contributed by atoms with Crippen LogP contribution in [0.25, 0.3) is 0 Å². The second-order valence-corrected chi connectivity index (χ2v) is 5.69. The SMILES string of the molecule is Cc1ccc(C(=O)Nc2ccc(C#CCN)c(C)c2)s1. The van der Waals surface area contributed by atoms with Crippen molar-refractivity contribution in [3.63, 3.8) is 0 Å². The maximum Gasteiger partial charge on any atom is 0.265 e. The van der Waals surface area contributed by atoms with Crippen LogP contribution in [0.4, 0.5) is 5.69 Å². The van der Waals surface area contributed by atoms with Crippen LogP contribution in [0, 0.1) is 25.7 Å². The Bertz CT molecular complexity index is 692. The second-order valence-electron chi connectivity index (χ2n) is 4.40. The average Bonchev–Trinajstić information content (AvgIpc) is 2.85. The average molecular weight is 284 g/mol. The number of hydrogen-bond acceptors (Lipinski definition) is 3. The molecule has 1 aromatic carbocycles. The molecule has 102 valence electrons. The number of amides is 1. The van der Waals surface area contributed by atoms with Crippen molar-refractivity contribution in [2.75, 3.05) is 11.9 Å². The molecule has 0 bridgehead atoms. The lowest BCUT2D eigenvalue weighted by Crippen LogP contribution is -2.10. The molecule has 0 aliphatic rings. The van der Waals surface area contributed by atoms with Gasteiger partial charge in [-0.25, -0.2) is 0 Å². The van der Waals surface area contributed by atoms with Crippen LogP contribution < -0.4 is 11.1 Å². The van der Waals surface area contributed by atoms with E-state index in [9.17, 15) is 4.79 Å². The summed E-state index contributed by atoms with van der Waals surface area (Å²) in [4.78, 5) is 13.9. The molecule has 3 nitrogen and oxygen atoms in total. The van der Waals surface area contributed by atoms with Crippen LogP contribution in [0.2, 0.25) is 0 Å². The highest BCUT2D eigenvalue weighted by Gasteiger charge is 2.08. The summed E-state index contributed by atoms with van der Waals surface area (Å²) in [5.41, 5.74) is 8.08. The maximum absolute atomic E-state index is 12.1. The Morgan fingerprint density at radius 2 is 2.10 bits per heavy atom. The number of nitrogens with one attached hydrogen (secondary N) is 1. The van der Waals surface area contributed by atoms with Crippen molar-refractivity contribution >= 4 is 22.9 Å². The highest BCUT2D eigenvalue weighted by atomic mass is 32.1. The van der Waals surface area contributed by atoms with Crippen LogP contribution in [0.3, 0.4) is 0 Å². The van der Waals surface area contributed by atoms with Crippen molar-refractivity contribution < 1.29 is 4.79 Å². The van der Waals surface area contributed by atoms with Gasteiger partial charge in [0.05, 0.1) is 11.4 Å². The zero-order valence-corrected chi connectivity index (χ0v) is 12.3. The number of nitrogens with two attached hydrogens (primary N) is 1. The van der Waals surface area contributed by atoms with Gasteiger partial charge < -0.3 is 11.1 Å². The summed E-state index contributed by atoms with van der Waals surface area (Å²) in [5.74, 6) is 5.75. The summed E-state index contributed by atoms with van der Waals surface area (Å²) in [6.45, 7) is 4.29. The molecule has 1 amide bonds. The number of thiophene rings is 1. The van der Waals surface area contributed by atoms with E-state index in [4.69, 9.17) is 5.73 Å². The molecule has 1 aromatic heterocycles. The minimum atomic E-state index is -0.0803. The molecule has 4 heteroatoms. The lowest BCUT2D eigenvalue weighted by molar-refractivity contribution is 0.103. The molecule has 2 aromatic rings. The highest BCUT2D eigenvalue weighted by Crippen LogP contribution is 2.19. The third-order valence-corrected chi connectivity index (χ3v) is 3.77. The Hall–Kier alpha value is -2.09. The van der Waals surface area contributed by atoms with Crippen molar-refractivity contribution in [1.82, 2.24) is 0 Å². The van der Waals surface area contributed by atoms with Gasteiger partial charge in [-0.15, -0.1) is 11.3 Å². The minimum Gasteiger partial charge on any atom is -0.321 e. The van der Waals surface area contributed by atoms with Gasteiger partial charge in [0, 0.05) is 16.1 Å². The van der Waals surface area contributed by atoms with Gasteiger partial charge in [0.2, 0.25) is 0 Å². The highest BCUT2D eigenvalue weighted by molar-refractivity contribution is 7.14. The molecule has 0 spiro atoms. The zero-order chi connectivity index (χ0) is 14.5. The molecule has 1 heterocycles. The normalized spacial score (nSPS) is 9.75. The van der Waals surface area contributed by atoms with Crippen molar-refractivity contribution in [2.45, 2.75) is 13.8 Å². The molecule has 0 fully saturated rings. The van der Waals surface area contributed by atoms with Gasteiger partial charge in [-0.3, -0.25) is 4.79 Å². The lowest BCUT2D eigenvalue weighted by Gasteiger charge is -2.06. The molecular weight excluding hydrogens is 268 g/mol. The topological polar surface area (TPSA) is 55.1 Å². The summed E-state index contributed by atoms with van der Waals surface area (Å²) in [6, 6.07) is 9.44. The van der Waals surface area contributed by atoms with E-state index in [1.54, 1.807) is 0 Å². The van der Waals surface area contributed by atoms with E-state index >= 15 is 0 Å². The van der Waals surface area contributed by atoms with Gasteiger partial charge >= 0.3 is 0 Å². The monoisotopic (exact) mass is 284 g/mol. The van der Waals surface area contributed by atoms with Crippen LogP contribution in [0.5, 0.6) is 0 Å². The predicted molar refractivity (Wildman–Crippen MR) is 84.1 cm³/mol. The summed E-state index contributed by atoms with van der Waals surface area (Å²) in [5, 5.41) is 2.89. The first-order valence-electron chi connectivity index (χ1n) is 6.27. The van der Waals surface area contributed by atoms with E-state index in [2.05, 4.69) is 17.2 Å². The third kappa shape index (κ3) is 3.47. The van der Waals surface area contributed by atoms with Gasteiger partial charge in [-0.2, -0.15) is 0 Å². The fourth-order valence-electron chi connectivity index (χ4n) is 1.78. The summed E-state index contributed by atoms with van der Waals surface area (Å²) >= 11 is 1.49. The van der Waals surface area contributed by atoms with Gasteiger partial charge in [0.15, 0.2) is 0 Å². The van der Waals surface area contributed by atoms with E-state index in [0.717, 1.165) is 21.7 Å². The first kappa shape index (κ1) is 14.3. The first-order valence-corrected chi connectivity index (χ1v) is 7.09. The maximum atomic E-state index is 12.1. The number of carbonyl (C=O) groups excluding carboxylic acids is 1. The minimum absolute atomic E-state index is 0.0803. The first-order chi connectivity index (χ1) is 9.60. The van der Waals surface area contributed by atoms with Crippen LogP contribution in [0.15, 0.2) is 30.3 Å². The number of aryl methyl sites for hydroxylation is 2. The van der Waals surface area contributed by atoms with Crippen LogP contribution in [-0.4, -0.2) is 12.5 Å². The zero-order valence-electron chi connectivity index (χ0n) is 11.5. The number of anilines is 1. The van der Waals surface area contributed by atoms with Gasteiger partial charge in [0.25, 0.3) is 5.91 Å². The molecule has 20 heavy (non-hydrogen) atoms. The third-order valence-electron chi connectivity index (χ3n) is 2.77. The quantitative estimate of drug-likeness (QED) is 0.833. The molecule has 0 aliphatic carbocycles. The Morgan fingerprint density at radius 3 is 2.70 bits per heavy atom. The number of benzene rings is 1. The van der Waals surface area contributed by atoms with E-state index < -0.39 is 0 Å². The van der Waals surface area contributed by atoms with E-state index in [-0.39, 0.29) is 5.91 Å². The Morgan fingerprint density at radius 1 is 1.30 bits per heavy atom. The number of hydrogen-bond donors (Lipinski definition) is 2. The molecule has 0 aliphatic heterocycles. The lowest BCUT2D eigenvalue weighted by atomic mass is 10.1. The van der Waals surface area contributed by atoms with E-state index in [0.29, 0.717) is 11.4 Å². The van der Waals surface area contributed by atoms with Crippen molar-refractivity contribution in [3.05, 3.63) is 51.2 Å². The Kier molecular flexibility index (Phi) is 4.57. The largest absolute Gasteiger partial charge is 0.321 e. The fourth-order valence-corrected chi connectivity index (χ4v) is 2.54. The van der Waals surface area contributed by atoms with Gasteiger partial charge in [-0.05, 0) is 49.7 Å². The van der Waals surface area contributed by atoms with Gasteiger partial charge in [0.1, 0.15) is 0 Å². The molecule has 0 atom stereocenters. The van der Waals surface area contributed by atoms with Crippen molar-refractivity contribution in [2.24, 2.45) is 5.73 Å². The molecule has 0 saturated carbocycles. The van der Waals surface area contributed by atoms with Crippen LogP contribution in [0.1, 0.15) is 25.7 Å².